The summed E-state index contributed by atoms with van der Waals surface area (Å²) in [5.41, 5.74) is 5.42. The molecule has 24 heavy (non-hydrogen) atoms. The SMILES string of the molecule is O=C1C=CCC23C=CSC2c2[nH]c4c(c2C2=CN=CC123)CCC=C4. The number of hydrogen-bond donors (Lipinski definition) is 1. The Kier molecular flexibility index (Phi) is 2.27. The third-order valence-electron chi connectivity index (χ3n) is 6.33. The quantitative estimate of drug-likeness (QED) is 0.773. The predicted octanol–water partition coefficient (Wildman–Crippen LogP) is 4.22. The van der Waals surface area contributed by atoms with Crippen LogP contribution in [0.15, 0.2) is 40.9 Å². The first-order valence-corrected chi connectivity index (χ1v) is 9.43. The maximum atomic E-state index is 13.2. The number of aromatic amines is 1. The molecule has 4 heteroatoms. The van der Waals surface area contributed by atoms with Gasteiger partial charge in [-0.25, -0.2) is 0 Å². The summed E-state index contributed by atoms with van der Waals surface area (Å²) in [6.45, 7) is 0. The van der Waals surface area contributed by atoms with Crippen molar-refractivity contribution in [3.63, 3.8) is 0 Å². The molecule has 3 nitrogen and oxygen atoms in total. The van der Waals surface area contributed by atoms with E-state index in [1.54, 1.807) is 6.08 Å². The number of H-pyrrole nitrogens is 1. The molecule has 1 aromatic heterocycles. The third kappa shape index (κ3) is 1.21. The normalized spacial score (nSPS) is 36.9. The van der Waals surface area contributed by atoms with Gasteiger partial charge in [0.2, 0.25) is 0 Å². The van der Waals surface area contributed by atoms with Crippen molar-refractivity contribution in [3.05, 3.63) is 58.4 Å². The van der Waals surface area contributed by atoms with Gasteiger partial charge in [0.15, 0.2) is 5.78 Å². The second-order valence-corrected chi connectivity index (χ2v) is 8.22. The summed E-state index contributed by atoms with van der Waals surface area (Å²) in [6, 6.07) is 0. The molecule has 0 aromatic carbocycles. The number of ketones is 1. The van der Waals surface area contributed by atoms with Gasteiger partial charge in [-0.15, -0.1) is 11.8 Å². The summed E-state index contributed by atoms with van der Waals surface area (Å²) in [5, 5.41) is 2.44. The van der Waals surface area contributed by atoms with Gasteiger partial charge in [-0.3, -0.25) is 9.79 Å². The summed E-state index contributed by atoms with van der Waals surface area (Å²) in [6.07, 6.45) is 17.4. The topological polar surface area (TPSA) is 45.2 Å². The van der Waals surface area contributed by atoms with Gasteiger partial charge in [0, 0.05) is 34.8 Å². The molecule has 0 fully saturated rings. The Morgan fingerprint density at radius 3 is 3.21 bits per heavy atom. The van der Waals surface area contributed by atoms with E-state index >= 15 is 0 Å². The van der Waals surface area contributed by atoms with Crippen LogP contribution in [0.5, 0.6) is 0 Å². The van der Waals surface area contributed by atoms with Crippen molar-refractivity contribution in [1.29, 1.82) is 0 Å². The number of aromatic nitrogens is 1. The number of carbonyl (C=O) groups is 1. The van der Waals surface area contributed by atoms with Crippen molar-refractivity contribution < 1.29 is 4.79 Å². The van der Waals surface area contributed by atoms with Gasteiger partial charge in [0.1, 0.15) is 5.41 Å². The van der Waals surface area contributed by atoms with Gasteiger partial charge in [-0.05, 0) is 48.0 Å². The minimum Gasteiger partial charge on any atom is -0.357 e. The highest BCUT2D eigenvalue weighted by atomic mass is 32.2. The van der Waals surface area contributed by atoms with Crippen LogP contribution in [0.25, 0.3) is 11.6 Å². The minimum atomic E-state index is -0.615. The number of rotatable bonds is 0. The van der Waals surface area contributed by atoms with E-state index in [4.69, 9.17) is 0 Å². The van der Waals surface area contributed by atoms with E-state index in [9.17, 15) is 4.79 Å². The number of aliphatic imine (C=N–C) groups is 1. The summed E-state index contributed by atoms with van der Waals surface area (Å²) >= 11 is 1.84. The van der Waals surface area contributed by atoms with Crippen molar-refractivity contribution >= 4 is 35.4 Å². The first kappa shape index (κ1) is 13.2. The Balaban J connectivity index is 1.74. The van der Waals surface area contributed by atoms with Crippen LogP contribution in [0.2, 0.25) is 0 Å². The van der Waals surface area contributed by atoms with Gasteiger partial charge < -0.3 is 4.98 Å². The maximum absolute atomic E-state index is 13.2. The molecule has 2 spiro atoms. The van der Waals surface area contributed by atoms with Crippen molar-refractivity contribution in [3.8, 4) is 0 Å². The zero-order valence-electron chi connectivity index (χ0n) is 13.1. The smallest absolute Gasteiger partial charge is 0.172 e. The third-order valence-corrected chi connectivity index (χ3v) is 7.56. The number of thioether (sulfide) groups is 1. The van der Waals surface area contributed by atoms with E-state index in [0.29, 0.717) is 0 Å². The fourth-order valence-electron chi connectivity index (χ4n) is 5.31. The zero-order chi connectivity index (χ0) is 15.9. The van der Waals surface area contributed by atoms with Crippen molar-refractivity contribution in [1.82, 2.24) is 4.98 Å². The van der Waals surface area contributed by atoms with E-state index < -0.39 is 5.41 Å². The van der Waals surface area contributed by atoms with Crippen LogP contribution < -0.4 is 0 Å². The van der Waals surface area contributed by atoms with E-state index in [1.165, 1.54) is 22.5 Å². The maximum Gasteiger partial charge on any atom is 0.172 e. The van der Waals surface area contributed by atoms with Gasteiger partial charge >= 0.3 is 0 Å². The monoisotopic (exact) mass is 332 g/mol. The first-order valence-electron chi connectivity index (χ1n) is 8.49. The molecule has 0 amide bonds. The summed E-state index contributed by atoms with van der Waals surface area (Å²) in [5.74, 6) is 0.186. The lowest BCUT2D eigenvalue weighted by Crippen LogP contribution is -2.53. The molecule has 3 atom stereocenters. The lowest BCUT2D eigenvalue weighted by atomic mass is 9.49. The molecule has 0 saturated heterocycles. The molecule has 1 aromatic rings. The van der Waals surface area contributed by atoms with Gasteiger partial charge in [-0.2, -0.15) is 0 Å². The predicted molar refractivity (Wildman–Crippen MR) is 97.7 cm³/mol. The van der Waals surface area contributed by atoms with E-state index in [-0.39, 0.29) is 16.4 Å². The van der Waals surface area contributed by atoms with Crippen molar-refractivity contribution in [2.24, 2.45) is 15.8 Å². The van der Waals surface area contributed by atoms with E-state index in [1.807, 2.05) is 30.3 Å². The fraction of sp³-hybridized carbons (Fsp3) is 0.300. The average Bonchev–Trinajstić information content (AvgIpc) is 3.28. The number of nitrogens with one attached hydrogen (secondary N) is 1. The average molecular weight is 332 g/mol. The highest BCUT2D eigenvalue weighted by Gasteiger charge is 2.66. The zero-order valence-corrected chi connectivity index (χ0v) is 13.9. The van der Waals surface area contributed by atoms with Gasteiger partial charge in [0.25, 0.3) is 0 Å². The van der Waals surface area contributed by atoms with Crippen LogP contribution in [-0.2, 0) is 11.2 Å². The van der Waals surface area contributed by atoms with Crippen LogP contribution in [-0.4, -0.2) is 17.0 Å². The molecular formula is C20H16N2OS. The molecule has 5 aliphatic rings. The van der Waals surface area contributed by atoms with Crippen LogP contribution in [0, 0.1) is 10.8 Å². The van der Waals surface area contributed by atoms with Gasteiger partial charge in [0.05, 0.1) is 5.25 Å². The van der Waals surface area contributed by atoms with E-state index in [2.05, 4.69) is 33.6 Å². The molecule has 3 unspecified atom stereocenters. The Morgan fingerprint density at radius 2 is 2.25 bits per heavy atom. The number of nitrogens with zero attached hydrogens (tertiary/aromatic N) is 1. The lowest BCUT2D eigenvalue weighted by Gasteiger charge is -2.52. The number of allylic oxidation sites excluding steroid dienone is 5. The van der Waals surface area contributed by atoms with Gasteiger partial charge in [-0.1, -0.05) is 18.2 Å². The Hall–Kier alpha value is -2.07. The number of fused-ring (bicyclic) bond motifs is 5. The molecule has 2 aliphatic heterocycles. The highest BCUT2D eigenvalue weighted by molar-refractivity contribution is 8.02. The van der Waals surface area contributed by atoms with Crippen LogP contribution in [0.3, 0.4) is 0 Å². The van der Waals surface area contributed by atoms with Crippen LogP contribution >= 0.6 is 11.8 Å². The van der Waals surface area contributed by atoms with Crippen LogP contribution in [0.4, 0.5) is 0 Å². The standard InChI is InChI=1S/C20H16N2OS/c23-15-6-3-7-19-8-9-24-18(19)17-16(13-10-21-11-20(13,15)19)12-4-1-2-5-14(12)22-17/h2-3,5-6,8-11,18,22H,1,4,7H2. The summed E-state index contributed by atoms with van der Waals surface area (Å²) in [4.78, 5) is 21.4. The first-order chi connectivity index (χ1) is 11.8. The molecule has 0 bridgehead atoms. The second kappa shape index (κ2) is 4.12. The molecule has 0 radical (unpaired) electrons. The molecular weight excluding hydrogens is 316 g/mol. The van der Waals surface area contributed by atoms with Crippen LogP contribution in [0.1, 0.15) is 40.6 Å². The molecule has 118 valence electrons. The van der Waals surface area contributed by atoms with E-state index in [0.717, 1.165) is 24.8 Å². The molecule has 1 N–H and O–H groups in total. The second-order valence-electron chi connectivity index (χ2n) is 7.21. The highest BCUT2D eigenvalue weighted by Crippen LogP contribution is 2.71. The largest absolute Gasteiger partial charge is 0.357 e. The Bertz CT molecular complexity index is 961. The Morgan fingerprint density at radius 1 is 1.29 bits per heavy atom. The molecule has 6 rings (SSSR count). The number of hydrogen-bond acceptors (Lipinski definition) is 3. The molecule has 3 heterocycles. The minimum absolute atomic E-state index is 0.186. The molecule has 3 aliphatic carbocycles. The van der Waals surface area contributed by atoms with Crippen molar-refractivity contribution in [2.75, 3.05) is 0 Å². The van der Waals surface area contributed by atoms with Crippen molar-refractivity contribution in [2.45, 2.75) is 24.5 Å². The Labute approximate surface area is 144 Å². The fourth-order valence-corrected chi connectivity index (χ4v) is 6.70. The number of carbonyl (C=O) groups excluding carboxylic acids is 1. The molecule has 0 saturated carbocycles. The summed E-state index contributed by atoms with van der Waals surface area (Å²) < 4.78 is 0. The summed E-state index contributed by atoms with van der Waals surface area (Å²) in [7, 11) is 0. The lowest BCUT2D eigenvalue weighted by molar-refractivity contribution is -0.122.